The molecule has 0 saturated carbocycles. The molecule has 1 atom stereocenters. The van der Waals surface area contributed by atoms with Crippen LogP contribution >= 0.6 is 0 Å². The Morgan fingerprint density at radius 1 is 0.867 bits per heavy atom. The van der Waals surface area contributed by atoms with Gasteiger partial charge in [-0.15, -0.1) is 0 Å². The molecule has 1 amide bonds. The number of fused-ring (bicyclic) bond motifs is 1. The number of carbonyl (C=O) groups is 2. The average Bonchev–Trinajstić information content (AvgIpc) is 2.79. The lowest BCUT2D eigenvalue weighted by Gasteiger charge is -2.30. The number of nitrogens with zero attached hydrogens (tertiary/aromatic N) is 1. The summed E-state index contributed by atoms with van der Waals surface area (Å²) in [7, 11) is 0. The Kier molecular flexibility index (Phi) is 5.94. The van der Waals surface area contributed by atoms with Gasteiger partial charge in [-0.25, -0.2) is 0 Å². The van der Waals surface area contributed by atoms with Gasteiger partial charge in [-0.2, -0.15) is 0 Å². The van der Waals surface area contributed by atoms with Crippen LogP contribution in [0.1, 0.15) is 23.6 Å². The summed E-state index contributed by atoms with van der Waals surface area (Å²) in [6, 6.07) is 26.1. The lowest BCUT2D eigenvalue weighted by Crippen LogP contribution is -2.42. The summed E-state index contributed by atoms with van der Waals surface area (Å²) < 4.78 is 5.44. The van der Waals surface area contributed by atoms with Crippen LogP contribution < -0.4 is 0 Å². The molecule has 0 N–H and O–H groups in total. The molecule has 1 aliphatic heterocycles. The minimum atomic E-state index is -0.786. The molecular formula is C26H25NO3. The van der Waals surface area contributed by atoms with E-state index in [-0.39, 0.29) is 18.3 Å². The van der Waals surface area contributed by atoms with Crippen molar-refractivity contribution in [3.63, 3.8) is 0 Å². The van der Waals surface area contributed by atoms with Crippen LogP contribution in [0.25, 0.3) is 11.1 Å². The van der Waals surface area contributed by atoms with Crippen molar-refractivity contribution in [1.29, 1.82) is 0 Å². The van der Waals surface area contributed by atoms with E-state index in [1.807, 2.05) is 60.7 Å². The molecule has 4 rings (SSSR count). The van der Waals surface area contributed by atoms with Gasteiger partial charge in [0.2, 0.25) is 0 Å². The summed E-state index contributed by atoms with van der Waals surface area (Å²) in [6.07, 6.45) is 0.192. The largest absolute Gasteiger partial charge is 0.452 e. The van der Waals surface area contributed by atoms with Gasteiger partial charge < -0.3 is 9.64 Å². The first-order chi connectivity index (χ1) is 14.6. The smallest absolute Gasteiger partial charge is 0.311 e. The van der Waals surface area contributed by atoms with Gasteiger partial charge >= 0.3 is 5.97 Å². The first-order valence-corrected chi connectivity index (χ1v) is 10.3. The second-order valence-electron chi connectivity index (χ2n) is 7.65. The van der Waals surface area contributed by atoms with Crippen LogP contribution in [-0.4, -0.2) is 29.4 Å². The number of hydrogen-bond donors (Lipinski definition) is 0. The van der Waals surface area contributed by atoms with Crippen molar-refractivity contribution in [3.8, 4) is 11.1 Å². The fourth-order valence-electron chi connectivity index (χ4n) is 3.84. The molecular weight excluding hydrogens is 374 g/mol. The van der Waals surface area contributed by atoms with Crippen LogP contribution in [-0.2, 0) is 33.7 Å². The Bertz CT molecular complexity index is 1030. The summed E-state index contributed by atoms with van der Waals surface area (Å²) >= 11 is 0. The Hall–Kier alpha value is -3.40. The third kappa shape index (κ3) is 4.60. The maximum absolute atomic E-state index is 12.7. The summed E-state index contributed by atoms with van der Waals surface area (Å²) in [6.45, 7) is 2.87. The molecule has 0 spiro atoms. The molecule has 4 nitrogen and oxygen atoms in total. The van der Waals surface area contributed by atoms with Gasteiger partial charge in [0.25, 0.3) is 5.91 Å². The van der Waals surface area contributed by atoms with Gasteiger partial charge in [-0.3, -0.25) is 9.59 Å². The fourth-order valence-corrected chi connectivity index (χ4v) is 3.84. The van der Waals surface area contributed by atoms with Crippen molar-refractivity contribution >= 4 is 11.9 Å². The molecule has 1 aliphatic rings. The summed E-state index contributed by atoms with van der Waals surface area (Å²) in [5.41, 5.74) is 5.54. The highest BCUT2D eigenvalue weighted by Gasteiger charge is 2.26. The molecule has 0 bridgehead atoms. The van der Waals surface area contributed by atoms with Crippen LogP contribution in [0.4, 0.5) is 0 Å². The van der Waals surface area contributed by atoms with Gasteiger partial charge in [0.1, 0.15) is 0 Å². The average molecular weight is 399 g/mol. The van der Waals surface area contributed by atoms with E-state index in [1.165, 1.54) is 5.56 Å². The van der Waals surface area contributed by atoms with E-state index in [1.54, 1.807) is 11.8 Å². The van der Waals surface area contributed by atoms with E-state index in [9.17, 15) is 9.59 Å². The molecule has 3 aromatic rings. The number of benzene rings is 3. The molecule has 0 radical (unpaired) electrons. The van der Waals surface area contributed by atoms with Crippen LogP contribution in [0, 0.1) is 0 Å². The van der Waals surface area contributed by atoms with E-state index in [0.717, 1.165) is 28.7 Å². The lowest BCUT2D eigenvalue weighted by atomic mass is 9.99. The van der Waals surface area contributed by atoms with Gasteiger partial charge in [-0.1, -0.05) is 78.9 Å². The predicted molar refractivity (Wildman–Crippen MR) is 117 cm³/mol. The maximum Gasteiger partial charge on any atom is 0.311 e. The zero-order valence-corrected chi connectivity index (χ0v) is 17.1. The second kappa shape index (κ2) is 8.95. The Morgan fingerprint density at radius 3 is 2.23 bits per heavy atom. The maximum atomic E-state index is 12.7. The highest BCUT2D eigenvalue weighted by molar-refractivity contribution is 5.84. The molecule has 4 heteroatoms. The third-order valence-corrected chi connectivity index (χ3v) is 5.51. The van der Waals surface area contributed by atoms with E-state index in [0.29, 0.717) is 13.1 Å². The van der Waals surface area contributed by atoms with Crippen LogP contribution in [0.2, 0.25) is 0 Å². The van der Waals surface area contributed by atoms with Crippen molar-refractivity contribution < 1.29 is 14.3 Å². The summed E-state index contributed by atoms with van der Waals surface area (Å²) in [4.78, 5) is 26.9. The zero-order valence-electron chi connectivity index (χ0n) is 17.1. The molecule has 0 aliphatic carbocycles. The molecule has 0 saturated heterocycles. The highest BCUT2D eigenvalue weighted by Crippen LogP contribution is 2.21. The Morgan fingerprint density at radius 2 is 1.50 bits per heavy atom. The number of carbonyl (C=O) groups excluding carboxylic acids is 2. The standard InChI is InChI=1S/C26H25NO3/c1-19(26(29)27-16-15-22-9-5-6-10-24(22)18-27)30-25(28)17-20-11-13-23(14-12-20)21-7-3-2-4-8-21/h2-14,19H,15-18H2,1H3/t19-/m1/s1. The fraction of sp³-hybridized carbons (Fsp3) is 0.231. The lowest BCUT2D eigenvalue weighted by molar-refractivity contribution is -0.159. The molecule has 3 aromatic carbocycles. The van der Waals surface area contributed by atoms with Gasteiger partial charge in [0.15, 0.2) is 6.10 Å². The minimum Gasteiger partial charge on any atom is -0.452 e. The number of ether oxygens (including phenoxy) is 1. The second-order valence-corrected chi connectivity index (χ2v) is 7.65. The van der Waals surface area contributed by atoms with Crippen molar-refractivity contribution in [2.45, 2.75) is 32.4 Å². The van der Waals surface area contributed by atoms with Crippen LogP contribution in [0.15, 0.2) is 78.9 Å². The van der Waals surface area contributed by atoms with Gasteiger partial charge in [0.05, 0.1) is 6.42 Å². The predicted octanol–water partition coefficient (Wildman–Crippen LogP) is 4.41. The van der Waals surface area contributed by atoms with E-state index >= 15 is 0 Å². The van der Waals surface area contributed by atoms with Crippen molar-refractivity contribution in [1.82, 2.24) is 4.90 Å². The molecule has 0 fully saturated rings. The molecule has 0 unspecified atom stereocenters. The summed E-state index contributed by atoms with van der Waals surface area (Å²) in [5.74, 6) is -0.530. The van der Waals surface area contributed by atoms with Gasteiger partial charge in [0, 0.05) is 13.1 Å². The SMILES string of the molecule is C[C@@H](OC(=O)Cc1ccc(-c2ccccc2)cc1)C(=O)N1CCc2ccccc2C1. The number of amides is 1. The minimum absolute atomic E-state index is 0.141. The first kappa shape index (κ1) is 19.9. The summed E-state index contributed by atoms with van der Waals surface area (Å²) in [5, 5.41) is 0. The zero-order chi connectivity index (χ0) is 20.9. The van der Waals surface area contributed by atoms with E-state index in [2.05, 4.69) is 18.2 Å². The van der Waals surface area contributed by atoms with Crippen molar-refractivity contribution in [2.75, 3.05) is 6.54 Å². The monoisotopic (exact) mass is 399 g/mol. The normalized spacial score (nSPS) is 14.0. The van der Waals surface area contributed by atoms with E-state index in [4.69, 9.17) is 4.74 Å². The van der Waals surface area contributed by atoms with E-state index < -0.39 is 6.10 Å². The van der Waals surface area contributed by atoms with Crippen LogP contribution in [0.3, 0.4) is 0 Å². The van der Waals surface area contributed by atoms with Gasteiger partial charge in [-0.05, 0) is 41.2 Å². The quantitative estimate of drug-likeness (QED) is 0.597. The topological polar surface area (TPSA) is 46.6 Å². The van der Waals surface area contributed by atoms with Crippen LogP contribution in [0.5, 0.6) is 0 Å². The molecule has 0 aromatic heterocycles. The number of esters is 1. The van der Waals surface area contributed by atoms with Crippen molar-refractivity contribution in [3.05, 3.63) is 95.6 Å². The number of hydrogen-bond acceptors (Lipinski definition) is 3. The molecule has 1 heterocycles. The molecule has 152 valence electrons. The van der Waals surface area contributed by atoms with Crippen molar-refractivity contribution in [2.24, 2.45) is 0 Å². The Balaban J connectivity index is 1.32. The number of rotatable bonds is 5. The first-order valence-electron chi connectivity index (χ1n) is 10.3. The Labute approximate surface area is 177 Å². The molecule has 30 heavy (non-hydrogen) atoms. The third-order valence-electron chi connectivity index (χ3n) is 5.51. The highest BCUT2D eigenvalue weighted by atomic mass is 16.5.